The Morgan fingerprint density at radius 2 is 2.00 bits per heavy atom. The number of carbonyl (C=O) groups is 1. The lowest BCUT2D eigenvalue weighted by atomic mass is 9.99. The molecule has 0 N–H and O–H groups in total. The molecule has 0 aliphatic heterocycles. The molecule has 18 heavy (non-hydrogen) atoms. The molecule has 0 aliphatic rings. The smallest absolute Gasteiger partial charge is 0.435 e. The SMILES string of the molecule is CC(C)(C)COC(=O)n1ncc2ccccc21.Cl. The molecular formula is C13H17ClN2O2. The maximum absolute atomic E-state index is 11.8. The van der Waals surface area contributed by atoms with Gasteiger partial charge < -0.3 is 4.74 Å². The molecule has 0 bridgehead atoms. The van der Waals surface area contributed by atoms with Crippen molar-refractivity contribution in [3.05, 3.63) is 30.5 Å². The molecule has 0 radical (unpaired) electrons. The molecule has 0 aliphatic carbocycles. The summed E-state index contributed by atoms with van der Waals surface area (Å²) in [4.78, 5) is 11.8. The fraction of sp³-hybridized carbons (Fsp3) is 0.385. The van der Waals surface area contributed by atoms with Crippen LogP contribution >= 0.6 is 12.4 Å². The first-order valence-electron chi connectivity index (χ1n) is 5.57. The normalized spacial score (nSPS) is 11.1. The largest absolute Gasteiger partial charge is 0.447 e. The first-order chi connectivity index (χ1) is 7.97. The molecule has 0 amide bonds. The lowest BCUT2D eigenvalue weighted by Crippen LogP contribution is -2.22. The average molecular weight is 269 g/mol. The van der Waals surface area contributed by atoms with E-state index in [2.05, 4.69) is 5.10 Å². The topological polar surface area (TPSA) is 44.1 Å². The third kappa shape index (κ3) is 3.23. The number of ether oxygens (including phenoxy) is 1. The first-order valence-corrected chi connectivity index (χ1v) is 5.57. The second kappa shape index (κ2) is 5.40. The van der Waals surface area contributed by atoms with Gasteiger partial charge in [-0.3, -0.25) is 0 Å². The first kappa shape index (κ1) is 14.5. The Hall–Kier alpha value is -1.55. The van der Waals surface area contributed by atoms with Crippen LogP contribution in [0.1, 0.15) is 20.8 Å². The Morgan fingerprint density at radius 3 is 2.67 bits per heavy atom. The van der Waals surface area contributed by atoms with Crippen molar-refractivity contribution in [3.8, 4) is 0 Å². The van der Waals surface area contributed by atoms with Crippen LogP contribution in [0.3, 0.4) is 0 Å². The highest BCUT2D eigenvalue weighted by Crippen LogP contribution is 2.16. The van der Waals surface area contributed by atoms with Crippen LogP contribution in [0.4, 0.5) is 4.79 Å². The van der Waals surface area contributed by atoms with Crippen molar-refractivity contribution in [2.45, 2.75) is 20.8 Å². The Balaban J connectivity index is 0.00000162. The predicted octanol–water partition coefficient (Wildman–Crippen LogP) is 3.49. The summed E-state index contributed by atoms with van der Waals surface area (Å²) < 4.78 is 6.51. The highest BCUT2D eigenvalue weighted by atomic mass is 35.5. The Kier molecular flexibility index (Phi) is 4.35. The minimum absolute atomic E-state index is 0. The molecule has 0 fully saturated rings. The number of fused-ring (bicyclic) bond motifs is 1. The van der Waals surface area contributed by atoms with E-state index in [1.807, 2.05) is 45.0 Å². The van der Waals surface area contributed by atoms with Crippen LogP contribution < -0.4 is 0 Å². The molecule has 98 valence electrons. The van der Waals surface area contributed by atoms with Gasteiger partial charge in [0.05, 0.1) is 18.3 Å². The van der Waals surface area contributed by atoms with Gasteiger partial charge in [-0.25, -0.2) is 4.79 Å². The van der Waals surface area contributed by atoms with E-state index < -0.39 is 6.09 Å². The average Bonchev–Trinajstić information content (AvgIpc) is 2.68. The summed E-state index contributed by atoms with van der Waals surface area (Å²) >= 11 is 0. The molecule has 0 saturated carbocycles. The maximum atomic E-state index is 11.8. The molecule has 1 aromatic heterocycles. The summed E-state index contributed by atoms with van der Waals surface area (Å²) in [6.45, 7) is 6.42. The van der Waals surface area contributed by atoms with E-state index in [0.717, 1.165) is 10.9 Å². The molecule has 5 heteroatoms. The van der Waals surface area contributed by atoms with Gasteiger partial charge in [0, 0.05) is 5.39 Å². The van der Waals surface area contributed by atoms with Gasteiger partial charge in [-0.2, -0.15) is 9.78 Å². The van der Waals surface area contributed by atoms with Crippen LogP contribution in [-0.4, -0.2) is 22.5 Å². The van der Waals surface area contributed by atoms with Gasteiger partial charge in [0.25, 0.3) is 0 Å². The number of halogens is 1. The number of nitrogens with zero attached hydrogens (tertiary/aromatic N) is 2. The van der Waals surface area contributed by atoms with E-state index >= 15 is 0 Å². The van der Waals surface area contributed by atoms with Crippen LogP contribution in [0.5, 0.6) is 0 Å². The Morgan fingerprint density at radius 1 is 1.33 bits per heavy atom. The zero-order valence-electron chi connectivity index (χ0n) is 10.7. The van der Waals surface area contributed by atoms with Crippen LogP contribution in [0.25, 0.3) is 10.9 Å². The second-order valence-electron chi connectivity index (χ2n) is 5.23. The summed E-state index contributed by atoms with van der Waals surface area (Å²) in [7, 11) is 0. The van der Waals surface area contributed by atoms with Gasteiger partial charge in [-0.15, -0.1) is 12.4 Å². The summed E-state index contributed by atoms with van der Waals surface area (Å²) in [5, 5.41) is 4.97. The number of carbonyl (C=O) groups excluding carboxylic acids is 1. The molecule has 4 nitrogen and oxygen atoms in total. The molecule has 0 unspecified atom stereocenters. The van der Waals surface area contributed by atoms with Gasteiger partial charge in [0.1, 0.15) is 0 Å². The monoisotopic (exact) mass is 268 g/mol. The number of benzene rings is 1. The van der Waals surface area contributed by atoms with E-state index in [0.29, 0.717) is 6.61 Å². The van der Waals surface area contributed by atoms with Gasteiger partial charge in [-0.05, 0) is 11.5 Å². The standard InChI is InChI=1S/C13H16N2O2.ClH/c1-13(2,3)9-17-12(16)15-11-7-5-4-6-10(11)8-14-15;/h4-8H,9H2,1-3H3;1H. The maximum Gasteiger partial charge on any atom is 0.435 e. The second-order valence-corrected chi connectivity index (χ2v) is 5.23. The lowest BCUT2D eigenvalue weighted by Gasteiger charge is -2.17. The third-order valence-electron chi connectivity index (χ3n) is 2.28. The molecule has 0 atom stereocenters. The van der Waals surface area contributed by atoms with Gasteiger partial charge in [-0.1, -0.05) is 39.0 Å². The summed E-state index contributed by atoms with van der Waals surface area (Å²) in [6.07, 6.45) is 1.23. The van der Waals surface area contributed by atoms with Crippen molar-refractivity contribution in [2.24, 2.45) is 5.41 Å². The Labute approximate surface area is 112 Å². The molecule has 0 spiro atoms. The van der Waals surface area contributed by atoms with Crippen molar-refractivity contribution in [2.75, 3.05) is 6.61 Å². The van der Waals surface area contributed by atoms with Crippen molar-refractivity contribution >= 4 is 29.4 Å². The molecular weight excluding hydrogens is 252 g/mol. The molecule has 1 heterocycles. The van der Waals surface area contributed by atoms with Crippen LogP contribution in [0.2, 0.25) is 0 Å². The quantitative estimate of drug-likeness (QED) is 0.795. The third-order valence-corrected chi connectivity index (χ3v) is 2.28. The van der Waals surface area contributed by atoms with Crippen LogP contribution in [-0.2, 0) is 4.74 Å². The zero-order chi connectivity index (χ0) is 12.5. The van der Waals surface area contributed by atoms with Gasteiger partial charge in [0.15, 0.2) is 0 Å². The van der Waals surface area contributed by atoms with Crippen molar-refractivity contribution in [1.82, 2.24) is 9.78 Å². The highest BCUT2D eigenvalue weighted by Gasteiger charge is 2.16. The number of hydrogen-bond acceptors (Lipinski definition) is 3. The highest BCUT2D eigenvalue weighted by molar-refractivity contribution is 5.87. The lowest BCUT2D eigenvalue weighted by molar-refractivity contribution is 0.106. The summed E-state index contributed by atoms with van der Waals surface area (Å²) in [6, 6.07) is 7.54. The number of rotatable bonds is 1. The predicted molar refractivity (Wildman–Crippen MR) is 73.2 cm³/mol. The molecule has 1 aromatic carbocycles. The van der Waals surface area contributed by atoms with Crippen molar-refractivity contribution in [3.63, 3.8) is 0 Å². The van der Waals surface area contributed by atoms with Gasteiger partial charge >= 0.3 is 6.09 Å². The fourth-order valence-electron chi connectivity index (χ4n) is 1.46. The summed E-state index contributed by atoms with van der Waals surface area (Å²) in [5.74, 6) is 0. The Bertz CT molecular complexity index is 543. The fourth-order valence-corrected chi connectivity index (χ4v) is 1.46. The number of hydrogen-bond donors (Lipinski definition) is 0. The zero-order valence-corrected chi connectivity index (χ0v) is 11.5. The minimum Gasteiger partial charge on any atom is -0.447 e. The van der Waals surface area contributed by atoms with E-state index in [1.165, 1.54) is 4.68 Å². The summed E-state index contributed by atoms with van der Waals surface area (Å²) in [5.41, 5.74) is 0.727. The molecule has 0 saturated heterocycles. The number of para-hydroxylation sites is 1. The van der Waals surface area contributed by atoms with Crippen LogP contribution in [0.15, 0.2) is 30.5 Å². The molecule has 2 aromatic rings. The van der Waals surface area contributed by atoms with Gasteiger partial charge in [0.2, 0.25) is 0 Å². The van der Waals surface area contributed by atoms with Crippen molar-refractivity contribution < 1.29 is 9.53 Å². The minimum atomic E-state index is -0.430. The van der Waals surface area contributed by atoms with E-state index in [-0.39, 0.29) is 17.8 Å². The van der Waals surface area contributed by atoms with E-state index in [1.54, 1.807) is 6.20 Å². The van der Waals surface area contributed by atoms with Crippen LogP contribution in [0, 0.1) is 5.41 Å². The van der Waals surface area contributed by atoms with E-state index in [4.69, 9.17) is 4.74 Å². The van der Waals surface area contributed by atoms with E-state index in [9.17, 15) is 4.79 Å². The number of aromatic nitrogens is 2. The van der Waals surface area contributed by atoms with Crippen molar-refractivity contribution in [1.29, 1.82) is 0 Å². The molecule has 2 rings (SSSR count).